The molecule has 0 amide bonds. The molecule has 100 valence electrons. The third-order valence-electron chi connectivity index (χ3n) is 3.59. The summed E-state index contributed by atoms with van der Waals surface area (Å²) in [5, 5.41) is 16.5. The molecule has 0 aliphatic carbocycles. The second-order valence-electron chi connectivity index (χ2n) is 4.85. The Morgan fingerprint density at radius 1 is 1.72 bits per heavy atom. The molecule has 1 fully saturated rings. The summed E-state index contributed by atoms with van der Waals surface area (Å²) < 4.78 is 1.65. The standard InChI is InChI=1S/C12H20N4O2/c1-15(9-4-3-5-13-6-9)8-11-10(12(17)18)7-14-16(11)2/h7,9,13H,3-6,8H2,1-2H3,(H,17,18). The quantitative estimate of drug-likeness (QED) is 0.806. The van der Waals surface area contributed by atoms with Gasteiger partial charge in [0, 0.05) is 26.2 Å². The first-order valence-corrected chi connectivity index (χ1v) is 6.24. The molecule has 6 nitrogen and oxygen atoms in total. The number of hydrogen-bond donors (Lipinski definition) is 2. The smallest absolute Gasteiger partial charge is 0.339 e. The number of nitrogens with zero attached hydrogens (tertiary/aromatic N) is 3. The summed E-state index contributed by atoms with van der Waals surface area (Å²) in [5.74, 6) is -0.909. The molecular formula is C12H20N4O2. The number of hydrogen-bond acceptors (Lipinski definition) is 4. The molecule has 18 heavy (non-hydrogen) atoms. The third-order valence-corrected chi connectivity index (χ3v) is 3.59. The molecule has 6 heteroatoms. The lowest BCUT2D eigenvalue weighted by molar-refractivity contribution is 0.0693. The molecule has 0 radical (unpaired) electrons. The number of aromatic carboxylic acids is 1. The highest BCUT2D eigenvalue weighted by Gasteiger charge is 2.22. The molecule has 2 heterocycles. The Morgan fingerprint density at radius 3 is 3.11 bits per heavy atom. The topological polar surface area (TPSA) is 70.4 Å². The van der Waals surface area contributed by atoms with Gasteiger partial charge in [-0.15, -0.1) is 0 Å². The lowest BCUT2D eigenvalue weighted by Crippen LogP contribution is -2.44. The summed E-state index contributed by atoms with van der Waals surface area (Å²) in [5.41, 5.74) is 1.06. The highest BCUT2D eigenvalue weighted by Crippen LogP contribution is 2.15. The van der Waals surface area contributed by atoms with Gasteiger partial charge in [-0.25, -0.2) is 4.79 Å². The Labute approximate surface area is 107 Å². The van der Waals surface area contributed by atoms with Gasteiger partial charge >= 0.3 is 5.97 Å². The molecule has 0 spiro atoms. The molecule has 0 saturated carbocycles. The van der Waals surface area contributed by atoms with E-state index in [9.17, 15) is 4.79 Å². The number of likely N-dealkylation sites (N-methyl/N-ethyl adjacent to an activating group) is 1. The van der Waals surface area contributed by atoms with Gasteiger partial charge in [0.1, 0.15) is 5.56 Å². The number of piperidine rings is 1. The monoisotopic (exact) mass is 252 g/mol. The van der Waals surface area contributed by atoms with E-state index < -0.39 is 5.97 Å². The summed E-state index contributed by atoms with van der Waals surface area (Å²) in [6.45, 7) is 2.66. The van der Waals surface area contributed by atoms with Gasteiger partial charge in [-0.2, -0.15) is 5.10 Å². The molecule has 1 aromatic heterocycles. The number of carbonyl (C=O) groups is 1. The predicted molar refractivity (Wildman–Crippen MR) is 67.5 cm³/mol. The molecule has 1 unspecified atom stereocenters. The van der Waals surface area contributed by atoms with Crippen molar-refractivity contribution in [1.29, 1.82) is 0 Å². The predicted octanol–water partition coefficient (Wildman–Crippen LogP) is 0.302. The molecular weight excluding hydrogens is 232 g/mol. The van der Waals surface area contributed by atoms with Gasteiger partial charge in [0.05, 0.1) is 11.9 Å². The van der Waals surface area contributed by atoms with E-state index in [1.165, 1.54) is 12.6 Å². The molecule has 1 saturated heterocycles. The van der Waals surface area contributed by atoms with Crippen molar-refractivity contribution in [3.8, 4) is 0 Å². The van der Waals surface area contributed by atoms with Gasteiger partial charge in [0.2, 0.25) is 0 Å². The molecule has 1 aliphatic rings. The summed E-state index contributed by atoms with van der Waals surface area (Å²) >= 11 is 0. The van der Waals surface area contributed by atoms with Gasteiger partial charge in [-0.1, -0.05) is 0 Å². The average Bonchev–Trinajstić information content (AvgIpc) is 2.72. The van der Waals surface area contributed by atoms with Crippen molar-refractivity contribution < 1.29 is 9.90 Å². The van der Waals surface area contributed by atoms with Crippen LogP contribution in [-0.2, 0) is 13.6 Å². The number of rotatable bonds is 4. The summed E-state index contributed by atoms with van der Waals surface area (Å²) in [6.07, 6.45) is 3.75. The van der Waals surface area contributed by atoms with E-state index in [0.717, 1.165) is 25.2 Å². The SMILES string of the molecule is CN(Cc1c(C(=O)O)cnn1C)C1CCCNC1. The highest BCUT2D eigenvalue weighted by molar-refractivity contribution is 5.88. The van der Waals surface area contributed by atoms with Crippen LogP contribution in [0.5, 0.6) is 0 Å². The van der Waals surface area contributed by atoms with Crippen molar-refractivity contribution in [2.45, 2.75) is 25.4 Å². The maximum Gasteiger partial charge on any atom is 0.339 e. The van der Waals surface area contributed by atoms with Crippen molar-refractivity contribution in [3.63, 3.8) is 0 Å². The fraction of sp³-hybridized carbons (Fsp3) is 0.667. The first-order valence-electron chi connectivity index (χ1n) is 6.24. The lowest BCUT2D eigenvalue weighted by Gasteiger charge is -2.31. The minimum Gasteiger partial charge on any atom is -0.478 e. The Kier molecular flexibility index (Phi) is 3.98. The molecule has 2 N–H and O–H groups in total. The van der Waals surface area contributed by atoms with Crippen molar-refractivity contribution in [2.75, 3.05) is 20.1 Å². The van der Waals surface area contributed by atoms with Crippen LogP contribution < -0.4 is 5.32 Å². The molecule has 0 aromatic carbocycles. The van der Waals surface area contributed by atoms with E-state index in [1.54, 1.807) is 11.7 Å². The van der Waals surface area contributed by atoms with E-state index in [4.69, 9.17) is 5.11 Å². The fourth-order valence-corrected chi connectivity index (χ4v) is 2.40. The first-order chi connectivity index (χ1) is 8.59. The zero-order chi connectivity index (χ0) is 13.1. The van der Waals surface area contributed by atoms with Gasteiger partial charge in [0.15, 0.2) is 0 Å². The Hall–Kier alpha value is -1.40. The van der Waals surface area contributed by atoms with Crippen LogP contribution in [0, 0.1) is 0 Å². The number of aryl methyl sites for hydroxylation is 1. The fourth-order valence-electron chi connectivity index (χ4n) is 2.40. The normalized spacial score (nSPS) is 20.3. The third kappa shape index (κ3) is 2.70. The molecule has 1 atom stereocenters. The van der Waals surface area contributed by atoms with Gasteiger partial charge < -0.3 is 10.4 Å². The number of nitrogens with one attached hydrogen (secondary N) is 1. The summed E-state index contributed by atoms with van der Waals surface area (Å²) in [6, 6.07) is 0.468. The number of carboxylic acids is 1. The van der Waals surface area contributed by atoms with E-state index >= 15 is 0 Å². The van der Waals surface area contributed by atoms with Crippen LogP contribution in [0.25, 0.3) is 0 Å². The minimum absolute atomic E-state index is 0.299. The van der Waals surface area contributed by atoms with Crippen LogP contribution in [-0.4, -0.2) is 51.9 Å². The first kappa shape index (κ1) is 13.0. The van der Waals surface area contributed by atoms with Crippen molar-refractivity contribution in [1.82, 2.24) is 20.0 Å². The van der Waals surface area contributed by atoms with E-state index in [-0.39, 0.29) is 0 Å². The molecule has 1 aliphatic heterocycles. The maximum absolute atomic E-state index is 11.1. The van der Waals surface area contributed by atoms with Crippen molar-refractivity contribution in [2.24, 2.45) is 7.05 Å². The Morgan fingerprint density at radius 2 is 2.50 bits per heavy atom. The molecule has 1 aromatic rings. The van der Waals surface area contributed by atoms with Crippen LogP contribution in [0.3, 0.4) is 0 Å². The van der Waals surface area contributed by atoms with E-state index in [0.29, 0.717) is 18.2 Å². The van der Waals surface area contributed by atoms with Crippen LogP contribution in [0.15, 0.2) is 6.20 Å². The zero-order valence-corrected chi connectivity index (χ0v) is 10.9. The van der Waals surface area contributed by atoms with Gasteiger partial charge in [-0.3, -0.25) is 9.58 Å². The van der Waals surface area contributed by atoms with Crippen LogP contribution in [0.2, 0.25) is 0 Å². The lowest BCUT2D eigenvalue weighted by atomic mass is 10.1. The largest absolute Gasteiger partial charge is 0.478 e. The highest BCUT2D eigenvalue weighted by atomic mass is 16.4. The van der Waals surface area contributed by atoms with Crippen LogP contribution in [0.4, 0.5) is 0 Å². The second-order valence-corrected chi connectivity index (χ2v) is 4.85. The summed E-state index contributed by atoms with van der Waals surface area (Å²) in [7, 11) is 3.82. The van der Waals surface area contributed by atoms with E-state index in [2.05, 4.69) is 15.3 Å². The molecule has 0 bridgehead atoms. The molecule has 2 rings (SSSR count). The minimum atomic E-state index is -0.909. The average molecular weight is 252 g/mol. The maximum atomic E-state index is 11.1. The van der Waals surface area contributed by atoms with Gasteiger partial charge in [0.25, 0.3) is 0 Å². The Bertz CT molecular complexity index is 424. The van der Waals surface area contributed by atoms with Crippen molar-refractivity contribution in [3.05, 3.63) is 17.5 Å². The van der Waals surface area contributed by atoms with Crippen LogP contribution >= 0.6 is 0 Å². The van der Waals surface area contributed by atoms with E-state index in [1.807, 2.05) is 7.05 Å². The Balaban J connectivity index is 2.08. The van der Waals surface area contributed by atoms with Crippen LogP contribution in [0.1, 0.15) is 28.9 Å². The van der Waals surface area contributed by atoms with Crippen molar-refractivity contribution >= 4 is 5.97 Å². The summed E-state index contributed by atoms with van der Waals surface area (Å²) in [4.78, 5) is 13.3. The second kappa shape index (κ2) is 5.49. The number of aromatic nitrogens is 2. The van der Waals surface area contributed by atoms with Gasteiger partial charge in [-0.05, 0) is 26.4 Å². The zero-order valence-electron chi connectivity index (χ0n) is 10.9. The number of carboxylic acid groups (broad SMARTS) is 1.